The number of thiophene rings is 1. The van der Waals surface area contributed by atoms with Crippen molar-refractivity contribution in [3.8, 4) is 0 Å². The minimum absolute atomic E-state index is 0.00505. The van der Waals surface area contributed by atoms with E-state index in [1.807, 2.05) is 11.3 Å². The molecule has 2 nitrogen and oxygen atoms in total. The second-order valence-corrected chi connectivity index (χ2v) is 27.8. The van der Waals surface area contributed by atoms with Gasteiger partial charge in [0.05, 0.1) is 5.00 Å². The molecule has 5 aliphatic rings. The van der Waals surface area contributed by atoms with Crippen molar-refractivity contribution in [1.82, 2.24) is 0 Å². The van der Waals surface area contributed by atoms with Gasteiger partial charge in [-0.1, -0.05) is 134 Å². The summed E-state index contributed by atoms with van der Waals surface area (Å²) >= 11 is 2.04. The van der Waals surface area contributed by atoms with Crippen LogP contribution in [0.25, 0.3) is 10.1 Å². The fraction of sp³-hybridized carbons (Fsp3) is 0.484. The Morgan fingerprint density at radius 3 is 1.64 bits per heavy atom. The van der Waals surface area contributed by atoms with E-state index in [1.54, 1.807) is 16.7 Å². The molecule has 0 saturated heterocycles. The molecular formula is C62H75BN2S. The van der Waals surface area contributed by atoms with Crippen LogP contribution in [0.1, 0.15) is 192 Å². The summed E-state index contributed by atoms with van der Waals surface area (Å²) in [5, 5.41) is 2.84. The molecule has 0 bridgehead atoms. The maximum absolute atomic E-state index is 2.79. The van der Waals surface area contributed by atoms with Gasteiger partial charge in [-0.15, -0.1) is 11.3 Å². The van der Waals surface area contributed by atoms with E-state index in [0.29, 0.717) is 0 Å². The Hall–Kier alpha value is -4.28. The van der Waals surface area contributed by atoms with E-state index >= 15 is 0 Å². The summed E-state index contributed by atoms with van der Waals surface area (Å²) in [6.07, 6.45) is 7.18. The number of hydrogen-bond donors (Lipinski definition) is 0. The lowest BCUT2D eigenvalue weighted by atomic mass is 9.33. The first-order chi connectivity index (χ1) is 30.6. The predicted octanol–water partition coefficient (Wildman–Crippen LogP) is 15.9. The molecule has 0 amide bonds. The van der Waals surface area contributed by atoms with E-state index < -0.39 is 0 Å². The molecule has 0 radical (unpaired) electrons. The summed E-state index contributed by atoms with van der Waals surface area (Å²) in [7, 11) is 0. The van der Waals surface area contributed by atoms with E-state index in [9.17, 15) is 0 Å². The molecule has 342 valence electrons. The van der Waals surface area contributed by atoms with Crippen molar-refractivity contribution in [3.05, 3.63) is 123 Å². The first-order valence-electron chi connectivity index (χ1n) is 25.4. The Bertz CT molecular complexity index is 3070. The van der Waals surface area contributed by atoms with Crippen molar-refractivity contribution in [1.29, 1.82) is 0 Å². The molecule has 0 saturated carbocycles. The number of fused-ring (bicyclic) bond motifs is 10. The Morgan fingerprint density at radius 1 is 0.500 bits per heavy atom. The molecule has 0 spiro atoms. The van der Waals surface area contributed by atoms with Crippen molar-refractivity contribution < 1.29 is 0 Å². The average molecular weight is 891 g/mol. The van der Waals surface area contributed by atoms with Gasteiger partial charge in [0, 0.05) is 33.1 Å². The summed E-state index contributed by atoms with van der Waals surface area (Å²) in [6, 6.07) is 30.6. The molecule has 2 aliphatic heterocycles. The number of nitrogens with zero attached hydrogens (tertiary/aromatic N) is 2. The van der Waals surface area contributed by atoms with Crippen molar-refractivity contribution in [2.45, 2.75) is 194 Å². The van der Waals surface area contributed by atoms with Crippen LogP contribution in [0.4, 0.5) is 33.4 Å². The Morgan fingerprint density at radius 2 is 1.03 bits per heavy atom. The highest BCUT2D eigenvalue weighted by Gasteiger charge is 2.51. The molecule has 4 heteroatoms. The van der Waals surface area contributed by atoms with Gasteiger partial charge in [0.25, 0.3) is 6.71 Å². The molecular weight excluding hydrogens is 816 g/mol. The molecule has 5 aromatic carbocycles. The monoisotopic (exact) mass is 891 g/mol. The Labute approximate surface area is 402 Å². The zero-order chi connectivity index (χ0) is 47.2. The first-order valence-corrected chi connectivity index (χ1v) is 26.2. The second-order valence-electron chi connectivity index (χ2n) is 26.7. The van der Waals surface area contributed by atoms with Crippen LogP contribution < -0.4 is 26.2 Å². The highest BCUT2D eigenvalue weighted by atomic mass is 32.1. The van der Waals surface area contributed by atoms with Gasteiger partial charge in [0.1, 0.15) is 0 Å². The van der Waals surface area contributed by atoms with Crippen LogP contribution in [0.3, 0.4) is 0 Å². The lowest BCUT2D eigenvalue weighted by Gasteiger charge is -2.49. The van der Waals surface area contributed by atoms with Gasteiger partial charge in [-0.2, -0.15) is 0 Å². The largest absolute Gasteiger partial charge is 0.311 e. The quantitative estimate of drug-likeness (QED) is 0.160. The molecule has 0 atom stereocenters. The van der Waals surface area contributed by atoms with Crippen LogP contribution in [0.2, 0.25) is 0 Å². The van der Waals surface area contributed by atoms with Crippen LogP contribution in [0.15, 0.2) is 72.8 Å². The predicted molar refractivity (Wildman–Crippen MR) is 290 cm³/mol. The minimum Gasteiger partial charge on any atom is -0.311 e. The van der Waals surface area contributed by atoms with E-state index in [4.69, 9.17) is 0 Å². The second kappa shape index (κ2) is 13.7. The molecule has 11 rings (SSSR count). The van der Waals surface area contributed by atoms with Gasteiger partial charge in [-0.25, -0.2) is 0 Å². The maximum Gasteiger partial charge on any atom is 0.254 e. The molecule has 3 heterocycles. The van der Waals surface area contributed by atoms with Crippen LogP contribution in [-0.4, -0.2) is 6.71 Å². The minimum atomic E-state index is -0.00505. The van der Waals surface area contributed by atoms with E-state index in [0.717, 1.165) is 0 Å². The average Bonchev–Trinajstić information content (AvgIpc) is 3.60. The van der Waals surface area contributed by atoms with Gasteiger partial charge in [-0.3, -0.25) is 0 Å². The summed E-state index contributed by atoms with van der Waals surface area (Å²) in [5.74, 6) is 0. The summed E-state index contributed by atoms with van der Waals surface area (Å²) in [4.78, 5) is 5.50. The zero-order valence-corrected chi connectivity index (χ0v) is 44.4. The number of anilines is 6. The highest BCUT2D eigenvalue weighted by Crippen LogP contribution is 2.57. The van der Waals surface area contributed by atoms with Gasteiger partial charge < -0.3 is 9.80 Å². The van der Waals surface area contributed by atoms with Crippen LogP contribution in [0, 0.1) is 13.8 Å². The highest BCUT2D eigenvalue weighted by molar-refractivity contribution is 7.26. The maximum atomic E-state index is 2.79. The van der Waals surface area contributed by atoms with Gasteiger partial charge in [0.2, 0.25) is 0 Å². The van der Waals surface area contributed by atoms with Crippen LogP contribution in [0.5, 0.6) is 0 Å². The molecule has 0 N–H and O–H groups in total. The van der Waals surface area contributed by atoms with Crippen LogP contribution in [-0.2, 0) is 37.9 Å². The van der Waals surface area contributed by atoms with Crippen LogP contribution >= 0.6 is 11.3 Å². The third-order valence-electron chi connectivity index (χ3n) is 18.1. The fourth-order valence-corrected chi connectivity index (χ4v) is 14.8. The SMILES string of the molecule is Cc1cc2c3c(c1)N(c1ccc4c(c1)C(C)(C)CCC4(C)C)c1c(ccc4c1C(C)(C)CCC4(C)C)B3c1c(sc3cc4c(cc13)C(C)(C)CCC4(C)C)N2c1ccc(C(C)(C)C)cc1C. The Balaban J connectivity index is 1.30. The Kier molecular flexibility index (Phi) is 9.19. The van der Waals surface area contributed by atoms with E-state index in [1.165, 1.54) is 132 Å². The molecule has 6 aromatic rings. The number of hydrogen-bond acceptors (Lipinski definition) is 3. The molecule has 0 fully saturated rings. The topological polar surface area (TPSA) is 6.48 Å². The van der Waals surface area contributed by atoms with E-state index in [2.05, 4.69) is 200 Å². The molecule has 66 heavy (non-hydrogen) atoms. The smallest absolute Gasteiger partial charge is 0.254 e. The lowest BCUT2D eigenvalue weighted by Crippen LogP contribution is -2.62. The summed E-state index contributed by atoms with van der Waals surface area (Å²) in [6.45, 7) is 41.8. The number of aryl methyl sites for hydroxylation is 2. The molecule has 0 unspecified atom stereocenters. The van der Waals surface area contributed by atoms with Crippen molar-refractivity contribution >= 4 is 78.0 Å². The third-order valence-corrected chi connectivity index (χ3v) is 19.3. The fourth-order valence-electron chi connectivity index (χ4n) is 13.5. The van der Waals surface area contributed by atoms with Gasteiger partial charge in [-0.05, 0) is 205 Å². The number of benzene rings is 5. The summed E-state index contributed by atoms with van der Waals surface area (Å²) in [5.41, 5.74) is 24.9. The molecule has 1 aromatic heterocycles. The normalized spacial score (nSPS) is 21.1. The summed E-state index contributed by atoms with van der Waals surface area (Å²) < 4.78 is 1.42. The molecule has 3 aliphatic carbocycles. The van der Waals surface area contributed by atoms with Gasteiger partial charge >= 0.3 is 0 Å². The third kappa shape index (κ3) is 6.24. The van der Waals surface area contributed by atoms with Crippen molar-refractivity contribution in [2.75, 3.05) is 9.80 Å². The van der Waals surface area contributed by atoms with Gasteiger partial charge in [0.15, 0.2) is 0 Å². The van der Waals surface area contributed by atoms with Crippen molar-refractivity contribution in [2.24, 2.45) is 0 Å². The van der Waals surface area contributed by atoms with E-state index in [-0.39, 0.29) is 44.6 Å². The zero-order valence-electron chi connectivity index (χ0n) is 43.6. The van der Waals surface area contributed by atoms with Crippen molar-refractivity contribution in [3.63, 3.8) is 0 Å². The lowest BCUT2D eigenvalue weighted by molar-refractivity contribution is 0.331. The number of rotatable bonds is 2. The first kappa shape index (κ1) is 44.2. The standard InChI is InChI=1S/C62H75BN2S/c1-36-30-48-53-49(31-36)65(47-23-18-38(32-37(47)2)56(3,4)5)55-52(40-34-44-45(35-50(40)66-55)61(14,15)27-26-60(44,12)13)63(53)46-22-21-42-51(62(16,17)29-28-58(42,8)9)54(46)64(48)39-19-20-41-43(33-39)59(10,11)25-24-57(41,6)7/h18-23,30-35H,24-29H2,1-17H3.